The van der Waals surface area contributed by atoms with Crippen LogP contribution in [0.4, 0.5) is 0 Å². The molecule has 0 saturated carbocycles. The summed E-state index contributed by atoms with van der Waals surface area (Å²) in [4.78, 5) is 12.7. The smallest absolute Gasteiger partial charge is 0.336 e. The number of carboxylic acids is 1. The van der Waals surface area contributed by atoms with Gasteiger partial charge in [0.15, 0.2) is 5.60 Å². The van der Waals surface area contributed by atoms with Crippen LogP contribution in [0.5, 0.6) is 0 Å². The monoisotopic (exact) mass is 257 g/mol. The topological polar surface area (TPSA) is 60.8 Å². The molecule has 17 heavy (non-hydrogen) atoms. The summed E-state index contributed by atoms with van der Waals surface area (Å²) in [7, 11) is 0. The summed E-state index contributed by atoms with van der Waals surface area (Å²) < 4.78 is 0. The number of aliphatic hydroxyl groups is 1. The Balaban J connectivity index is 0.00000144. The lowest BCUT2D eigenvalue weighted by atomic mass is 10.1. The number of benzene rings is 1. The van der Waals surface area contributed by atoms with Crippen molar-refractivity contribution in [2.45, 2.75) is 25.6 Å². The summed E-state index contributed by atoms with van der Waals surface area (Å²) in [5.41, 5.74) is 0.745. The normalized spacial score (nSPS) is 18.0. The van der Waals surface area contributed by atoms with E-state index in [-0.39, 0.29) is 19.0 Å². The molecular formula is C12H16ClNO3. The fourth-order valence-electron chi connectivity index (χ4n) is 2.02. The number of carbonyl (C=O) groups is 1. The Morgan fingerprint density at radius 1 is 1.35 bits per heavy atom. The molecule has 0 fully saturated rings. The Bertz CT molecular complexity index is 395. The van der Waals surface area contributed by atoms with Crippen molar-refractivity contribution in [2.24, 2.45) is 0 Å². The minimum atomic E-state index is -1.68. The first-order valence-electron chi connectivity index (χ1n) is 5.24. The molecule has 1 heterocycles. The van der Waals surface area contributed by atoms with Gasteiger partial charge in [0.2, 0.25) is 0 Å². The van der Waals surface area contributed by atoms with Crippen LogP contribution in [0, 0.1) is 0 Å². The average Bonchev–Trinajstić information content (AvgIpc) is 2.58. The molecule has 0 amide bonds. The summed E-state index contributed by atoms with van der Waals surface area (Å²) in [6.07, 6.45) is 0. The second kappa shape index (κ2) is 5.04. The maximum Gasteiger partial charge on any atom is 0.336 e. The number of fused-ring (bicyclic) bond motifs is 1. The first kappa shape index (κ1) is 14.0. The zero-order chi connectivity index (χ0) is 11.8. The molecule has 2 rings (SSSR count). The Hall–Kier alpha value is -1.10. The molecule has 0 radical (unpaired) electrons. The number of halogens is 1. The van der Waals surface area contributed by atoms with Gasteiger partial charge in [0, 0.05) is 19.6 Å². The highest BCUT2D eigenvalue weighted by molar-refractivity contribution is 5.85. The van der Waals surface area contributed by atoms with E-state index in [4.69, 9.17) is 5.11 Å². The molecule has 0 aliphatic carbocycles. The molecule has 1 aliphatic heterocycles. The van der Waals surface area contributed by atoms with Crippen LogP contribution < -0.4 is 0 Å². The zero-order valence-corrected chi connectivity index (χ0v) is 10.4. The Morgan fingerprint density at radius 3 is 2.24 bits per heavy atom. The summed E-state index contributed by atoms with van der Waals surface area (Å²) in [5.74, 6) is -1.18. The molecule has 1 unspecified atom stereocenters. The lowest BCUT2D eigenvalue weighted by molar-refractivity contribution is -0.158. The van der Waals surface area contributed by atoms with E-state index in [1.807, 2.05) is 29.2 Å². The maximum absolute atomic E-state index is 10.8. The third-order valence-electron chi connectivity index (χ3n) is 2.90. The molecule has 0 saturated heterocycles. The molecule has 94 valence electrons. The highest BCUT2D eigenvalue weighted by atomic mass is 35.5. The fraction of sp³-hybridized carbons (Fsp3) is 0.417. The quantitative estimate of drug-likeness (QED) is 0.856. The first-order valence-corrected chi connectivity index (χ1v) is 5.24. The van der Waals surface area contributed by atoms with Gasteiger partial charge in [-0.15, -0.1) is 12.4 Å². The molecule has 0 spiro atoms. The van der Waals surface area contributed by atoms with E-state index in [1.54, 1.807) is 0 Å². The van der Waals surface area contributed by atoms with Crippen LogP contribution in [0.25, 0.3) is 0 Å². The van der Waals surface area contributed by atoms with Gasteiger partial charge in [-0.3, -0.25) is 4.90 Å². The molecule has 0 bridgehead atoms. The van der Waals surface area contributed by atoms with Gasteiger partial charge in [-0.25, -0.2) is 4.79 Å². The van der Waals surface area contributed by atoms with Crippen molar-refractivity contribution in [3.8, 4) is 0 Å². The number of aliphatic carboxylic acids is 1. The summed E-state index contributed by atoms with van der Waals surface area (Å²) in [5, 5.41) is 18.5. The van der Waals surface area contributed by atoms with Crippen molar-refractivity contribution in [3.63, 3.8) is 0 Å². The van der Waals surface area contributed by atoms with Crippen molar-refractivity contribution < 1.29 is 15.0 Å². The highest BCUT2D eigenvalue weighted by Crippen LogP contribution is 2.23. The van der Waals surface area contributed by atoms with Crippen LogP contribution in [-0.2, 0) is 17.9 Å². The SMILES string of the molecule is CC(O)(CN1Cc2ccccc2C1)C(=O)O.Cl. The van der Waals surface area contributed by atoms with Gasteiger partial charge in [0.05, 0.1) is 0 Å². The predicted octanol–water partition coefficient (Wildman–Crippen LogP) is 1.26. The van der Waals surface area contributed by atoms with Crippen molar-refractivity contribution in [1.82, 2.24) is 4.90 Å². The molecule has 1 aliphatic rings. The molecule has 1 aromatic carbocycles. The number of carboxylic acid groups (broad SMARTS) is 1. The average molecular weight is 258 g/mol. The van der Waals surface area contributed by atoms with Crippen molar-refractivity contribution >= 4 is 18.4 Å². The second-order valence-electron chi connectivity index (χ2n) is 4.49. The lowest BCUT2D eigenvalue weighted by Crippen LogP contribution is -2.45. The number of rotatable bonds is 3. The Labute approximate surface area is 106 Å². The maximum atomic E-state index is 10.8. The first-order chi connectivity index (χ1) is 7.49. The molecule has 4 nitrogen and oxygen atoms in total. The largest absolute Gasteiger partial charge is 0.479 e. The van der Waals surface area contributed by atoms with E-state index >= 15 is 0 Å². The van der Waals surface area contributed by atoms with E-state index in [1.165, 1.54) is 18.1 Å². The van der Waals surface area contributed by atoms with E-state index < -0.39 is 11.6 Å². The lowest BCUT2D eigenvalue weighted by Gasteiger charge is -2.24. The van der Waals surface area contributed by atoms with Crippen molar-refractivity contribution in [1.29, 1.82) is 0 Å². The van der Waals surface area contributed by atoms with Gasteiger partial charge in [-0.05, 0) is 18.1 Å². The van der Waals surface area contributed by atoms with Crippen LogP contribution in [0.2, 0.25) is 0 Å². The number of hydrogen-bond acceptors (Lipinski definition) is 3. The van der Waals surface area contributed by atoms with Crippen LogP contribution in [0.15, 0.2) is 24.3 Å². The number of hydrogen-bond donors (Lipinski definition) is 2. The van der Waals surface area contributed by atoms with E-state index in [2.05, 4.69) is 0 Å². The van der Waals surface area contributed by atoms with Crippen LogP contribution in [0.1, 0.15) is 18.1 Å². The second-order valence-corrected chi connectivity index (χ2v) is 4.49. The molecule has 5 heteroatoms. The third-order valence-corrected chi connectivity index (χ3v) is 2.90. The van der Waals surface area contributed by atoms with Crippen LogP contribution >= 0.6 is 12.4 Å². The van der Waals surface area contributed by atoms with E-state index in [9.17, 15) is 9.90 Å². The van der Waals surface area contributed by atoms with Crippen molar-refractivity contribution in [2.75, 3.05) is 6.54 Å². The van der Waals surface area contributed by atoms with Gasteiger partial charge in [0.25, 0.3) is 0 Å². The van der Waals surface area contributed by atoms with Gasteiger partial charge in [-0.2, -0.15) is 0 Å². The minimum absolute atomic E-state index is 0. The fourth-order valence-corrected chi connectivity index (χ4v) is 2.02. The number of β-amino-alcohol motifs (C(OH)–C–C–N with tert-alkyl or cyclic N) is 1. The van der Waals surface area contributed by atoms with Gasteiger partial charge in [0.1, 0.15) is 0 Å². The van der Waals surface area contributed by atoms with E-state index in [0.717, 1.165) is 0 Å². The Kier molecular flexibility index (Phi) is 4.14. The summed E-state index contributed by atoms with van der Waals surface area (Å²) in [6.45, 7) is 2.90. The molecule has 2 N–H and O–H groups in total. The minimum Gasteiger partial charge on any atom is -0.479 e. The Morgan fingerprint density at radius 2 is 1.82 bits per heavy atom. The van der Waals surface area contributed by atoms with E-state index in [0.29, 0.717) is 13.1 Å². The molecular weight excluding hydrogens is 242 g/mol. The number of nitrogens with zero attached hydrogens (tertiary/aromatic N) is 1. The highest BCUT2D eigenvalue weighted by Gasteiger charge is 2.34. The van der Waals surface area contributed by atoms with Crippen molar-refractivity contribution in [3.05, 3.63) is 35.4 Å². The summed E-state index contributed by atoms with van der Waals surface area (Å²) >= 11 is 0. The van der Waals surface area contributed by atoms with Crippen LogP contribution in [-0.4, -0.2) is 33.2 Å². The van der Waals surface area contributed by atoms with Gasteiger partial charge < -0.3 is 10.2 Å². The zero-order valence-electron chi connectivity index (χ0n) is 9.59. The van der Waals surface area contributed by atoms with Gasteiger partial charge >= 0.3 is 5.97 Å². The molecule has 1 aromatic rings. The predicted molar refractivity (Wildman–Crippen MR) is 66.1 cm³/mol. The third kappa shape index (κ3) is 2.97. The standard InChI is InChI=1S/C12H15NO3.ClH/c1-12(16,11(14)15)8-13-6-9-4-2-3-5-10(9)7-13;/h2-5,16H,6-8H2,1H3,(H,14,15);1H. The van der Waals surface area contributed by atoms with Gasteiger partial charge in [-0.1, -0.05) is 24.3 Å². The van der Waals surface area contributed by atoms with Crippen LogP contribution in [0.3, 0.4) is 0 Å². The summed E-state index contributed by atoms with van der Waals surface area (Å²) in [6, 6.07) is 8.00. The molecule has 1 atom stereocenters. The molecule has 0 aromatic heterocycles.